The zero-order valence-corrected chi connectivity index (χ0v) is 16.3. The van der Waals surface area contributed by atoms with Gasteiger partial charge in [-0.2, -0.15) is 10.2 Å². The predicted octanol–water partition coefficient (Wildman–Crippen LogP) is 3.07. The van der Waals surface area contributed by atoms with E-state index in [1.165, 1.54) is 0 Å². The summed E-state index contributed by atoms with van der Waals surface area (Å²) in [7, 11) is 1.70. The minimum atomic E-state index is -0.463. The highest BCUT2D eigenvalue weighted by molar-refractivity contribution is 7.80. The first-order valence-electron chi connectivity index (χ1n) is 8.85. The van der Waals surface area contributed by atoms with E-state index >= 15 is 0 Å². The number of rotatable bonds is 4. The van der Waals surface area contributed by atoms with Crippen LogP contribution in [0.2, 0.25) is 0 Å². The van der Waals surface area contributed by atoms with E-state index in [0.717, 1.165) is 11.1 Å². The normalized spacial score (nSPS) is 11.1. The summed E-state index contributed by atoms with van der Waals surface area (Å²) >= 11 is 5.03. The van der Waals surface area contributed by atoms with Gasteiger partial charge in [-0.15, -0.1) is 0 Å². The molecule has 0 spiro atoms. The molecule has 0 saturated heterocycles. The number of nitrogens with zero attached hydrogens (tertiary/aromatic N) is 3. The molecule has 0 bridgehead atoms. The van der Waals surface area contributed by atoms with Crippen molar-refractivity contribution in [1.29, 1.82) is 0 Å². The molecule has 8 heteroatoms. The summed E-state index contributed by atoms with van der Waals surface area (Å²) in [4.78, 5) is 12.7. The summed E-state index contributed by atoms with van der Waals surface area (Å²) in [6, 6.07) is 18.7. The van der Waals surface area contributed by atoms with Gasteiger partial charge < -0.3 is 9.73 Å². The molecular formula is C21H17N5O2S. The Morgan fingerprint density at radius 2 is 1.93 bits per heavy atom. The van der Waals surface area contributed by atoms with E-state index in [1.807, 2.05) is 48.5 Å². The summed E-state index contributed by atoms with van der Waals surface area (Å²) < 4.78 is 7.18. The zero-order chi connectivity index (χ0) is 20.2. The van der Waals surface area contributed by atoms with Gasteiger partial charge in [-0.3, -0.25) is 5.43 Å². The number of fused-ring (bicyclic) bond motifs is 1. The highest BCUT2D eigenvalue weighted by Crippen LogP contribution is 2.23. The van der Waals surface area contributed by atoms with Gasteiger partial charge in [0.15, 0.2) is 5.11 Å². The quantitative estimate of drug-likeness (QED) is 0.236. The molecule has 7 nitrogen and oxygen atoms in total. The lowest BCUT2D eigenvalue weighted by Gasteiger charge is -2.02. The van der Waals surface area contributed by atoms with Crippen molar-refractivity contribution >= 4 is 34.5 Å². The fourth-order valence-corrected chi connectivity index (χ4v) is 2.90. The lowest BCUT2D eigenvalue weighted by molar-refractivity contribution is 0.563. The van der Waals surface area contributed by atoms with E-state index in [9.17, 15) is 4.79 Å². The van der Waals surface area contributed by atoms with E-state index in [-0.39, 0.29) is 0 Å². The predicted molar refractivity (Wildman–Crippen MR) is 117 cm³/mol. The van der Waals surface area contributed by atoms with Gasteiger partial charge in [-0.05, 0) is 36.5 Å². The van der Waals surface area contributed by atoms with E-state index in [4.69, 9.17) is 16.6 Å². The molecule has 29 heavy (non-hydrogen) atoms. The first kappa shape index (κ1) is 18.6. The minimum absolute atomic E-state index is 0.357. The van der Waals surface area contributed by atoms with E-state index < -0.39 is 5.63 Å². The summed E-state index contributed by atoms with van der Waals surface area (Å²) in [6.45, 7) is 0. The van der Waals surface area contributed by atoms with Gasteiger partial charge in [0, 0.05) is 24.2 Å². The molecule has 0 unspecified atom stereocenters. The number of thiocarbonyl (C=S) groups is 1. The Labute approximate surface area is 171 Å². The second-order valence-corrected chi connectivity index (χ2v) is 6.56. The van der Waals surface area contributed by atoms with E-state index in [1.54, 1.807) is 36.3 Å². The minimum Gasteiger partial charge on any atom is -0.422 e. The summed E-state index contributed by atoms with van der Waals surface area (Å²) in [5, 5.41) is 12.7. The molecular weight excluding hydrogens is 386 g/mol. The first-order valence-corrected chi connectivity index (χ1v) is 9.25. The van der Waals surface area contributed by atoms with Gasteiger partial charge in [0.05, 0.1) is 17.5 Å². The Balaban J connectivity index is 1.85. The number of para-hydroxylation sites is 2. The molecule has 0 aliphatic heterocycles. The van der Waals surface area contributed by atoms with Crippen LogP contribution in [0, 0.1) is 0 Å². The van der Waals surface area contributed by atoms with Crippen molar-refractivity contribution in [2.45, 2.75) is 0 Å². The lowest BCUT2D eigenvalue weighted by Crippen LogP contribution is -2.28. The Morgan fingerprint density at radius 3 is 2.72 bits per heavy atom. The highest BCUT2D eigenvalue weighted by Gasteiger charge is 2.16. The molecule has 4 aromatic rings. The Kier molecular flexibility index (Phi) is 5.17. The lowest BCUT2D eigenvalue weighted by atomic mass is 10.1. The average molecular weight is 403 g/mol. The molecule has 2 aromatic heterocycles. The highest BCUT2D eigenvalue weighted by atomic mass is 32.1. The maximum atomic E-state index is 12.7. The van der Waals surface area contributed by atoms with Gasteiger partial charge in [0.25, 0.3) is 0 Å². The molecule has 2 heterocycles. The monoisotopic (exact) mass is 403 g/mol. The van der Waals surface area contributed by atoms with Crippen molar-refractivity contribution in [3.8, 4) is 16.9 Å². The van der Waals surface area contributed by atoms with E-state index in [0.29, 0.717) is 27.5 Å². The summed E-state index contributed by atoms with van der Waals surface area (Å²) in [5.74, 6) is 0. The molecule has 4 rings (SSSR count). The van der Waals surface area contributed by atoms with Gasteiger partial charge in [-0.25, -0.2) is 9.48 Å². The van der Waals surface area contributed by atoms with Crippen LogP contribution >= 0.6 is 12.2 Å². The summed E-state index contributed by atoms with van der Waals surface area (Å²) in [6.07, 6.45) is 3.37. The number of hydrazone groups is 1. The van der Waals surface area contributed by atoms with Crippen LogP contribution in [0.4, 0.5) is 0 Å². The van der Waals surface area contributed by atoms with Crippen molar-refractivity contribution in [1.82, 2.24) is 20.5 Å². The van der Waals surface area contributed by atoms with Crippen LogP contribution in [-0.2, 0) is 0 Å². The zero-order valence-electron chi connectivity index (χ0n) is 15.5. The number of hydrogen-bond acceptors (Lipinski definition) is 5. The molecule has 144 valence electrons. The fraction of sp³-hybridized carbons (Fsp3) is 0.0476. The molecule has 0 saturated carbocycles. The van der Waals surface area contributed by atoms with Gasteiger partial charge in [0.2, 0.25) is 0 Å². The third kappa shape index (κ3) is 3.92. The maximum absolute atomic E-state index is 12.7. The van der Waals surface area contributed by atoms with Crippen molar-refractivity contribution in [3.05, 3.63) is 82.8 Å². The molecule has 0 radical (unpaired) electrons. The molecule has 0 atom stereocenters. The van der Waals surface area contributed by atoms with Crippen LogP contribution in [-0.4, -0.2) is 28.2 Å². The van der Waals surface area contributed by atoms with E-state index in [2.05, 4.69) is 20.9 Å². The Hall–Kier alpha value is -3.78. The number of benzene rings is 2. The van der Waals surface area contributed by atoms with Crippen LogP contribution in [0.15, 0.2) is 81.2 Å². The van der Waals surface area contributed by atoms with Gasteiger partial charge in [-0.1, -0.05) is 36.4 Å². The largest absolute Gasteiger partial charge is 0.422 e. The number of nitrogens with one attached hydrogen (secondary N) is 2. The van der Waals surface area contributed by atoms with Crippen molar-refractivity contribution in [2.75, 3.05) is 7.05 Å². The van der Waals surface area contributed by atoms with Crippen LogP contribution in [0.3, 0.4) is 0 Å². The van der Waals surface area contributed by atoms with Crippen molar-refractivity contribution in [3.63, 3.8) is 0 Å². The Bertz CT molecular complexity index is 1260. The third-order valence-electron chi connectivity index (χ3n) is 4.26. The van der Waals surface area contributed by atoms with Gasteiger partial charge in [0.1, 0.15) is 11.3 Å². The van der Waals surface area contributed by atoms with Crippen LogP contribution < -0.4 is 16.4 Å². The molecule has 0 aliphatic carbocycles. The second-order valence-electron chi connectivity index (χ2n) is 6.15. The Morgan fingerprint density at radius 1 is 1.17 bits per heavy atom. The number of hydrogen-bond donors (Lipinski definition) is 2. The molecule has 0 amide bonds. The second kappa shape index (κ2) is 8.07. The standard InChI is InChI=1S/C21H17N5O2S/c1-22-21(29)24-23-12-15-13-26(16-8-3-2-4-9-16)25-19(15)17-11-14-7-5-6-10-18(14)28-20(17)27/h2-13H,1H3,(H2,22,24,29)/b23-12+. The molecule has 0 aliphatic rings. The van der Waals surface area contributed by atoms with Crippen LogP contribution in [0.1, 0.15) is 5.56 Å². The molecule has 0 fully saturated rings. The fourth-order valence-electron chi connectivity index (χ4n) is 2.85. The number of aromatic nitrogens is 2. The van der Waals surface area contributed by atoms with Gasteiger partial charge >= 0.3 is 5.63 Å². The smallest absolute Gasteiger partial charge is 0.345 e. The maximum Gasteiger partial charge on any atom is 0.345 e. The third-order valence-corrected chi connectivity index (χ3v) is 4.55. The van der Waals surface area contributed by atoms with Crippen LogP contribution in [0.25, 0.3) is 27.9 Å². The summed E-state index contributed by atoms with van der Waals surface area (Å²) in [5.41, 5.74) is 5.09. The SMILES string of the molecule is CNC(=S)N/N=C/c1cn(-c2ccccc2)nc1-c1cc2ccccc2oc1=O. The molecule has 2 aromatic carbocycles. The van der Waals surface area contributed by atoms with Crippen molar-refractivity contribution in [2.24, 2.45) is 5.10 Å². The topological polar surface area (TPSA) is 84.4 Å². The average Bonchev–Trinajstić information content (AvgIpc) is 3.17. The molecule has 2 N–H and O–H groups in total. The van der Waals surface area contributed by atoms with Crippen LogP contribution in [0.5, 0.6) is 0 Å². The first-order chi connectivity index (χ1) is 14.2. The van der Waals surface area contributed by atoms with Crippen molar-refractivity contribution < 1.29 is 4.42 Å².